The number of halogens is 6. The van der Waals surface area contributed by atoms with Gasteiger partial charge in [0.25, 0.3) is 0 Å². The highest BCUT2D eigenvalue weighted by atomic mass is 19.4. The van der Waals surface area contributed by atoms with E-state index >= 15 is 0 Å². The summed E-state index contributed by atoms with van der Waals surface area (Å²) < 4.78 is 91.1. The third-order valence-electron chi connectivity index (χ3n) is 10.6. The van der Waals surface area contributed by atoms with E-state index < -0.39 is 46.8 Å². The first-order valence-corrected chi connectivity index (χ1v) is 21.3. The van der Waals surface area contributed by atoms with Crippen LogP contribution < -0.4 is 20.4 Å². The third-order valence-corrected chi connectivity index (χ3v) is 10.6. The summed E-state index contributed by atoms with van der Waals surface area (Å²) >= 11 is 0. The molecule has 2 aromatic carbocycles. The maximum atomic E-state index is 13.6. The molecule has 4 aromatic rings. The molecule has 0 spiro atoms. The monoisotopic (exact) mass is 950 g/mol. The maximum Gasteiger partial charge on any atom is 0.434 e. The molecule has 0 unspecified atom stereocenters. The number of piperazine rings is 2. The van der Waals surface area contributed by atoms with Crippen LogP contribution in [0, 0.1) is 36.5 Å². The number of nitrogens with one attached hydrogen (secondary N) is 2. The number of carbonyl (C=O) groups is 4. The Morgan fingerprint density at radius 2 is 1.01 bits per heavy atom. The summed E-state index contributed by atoms with van der Waals surface area (Å²) in [6, 6.07) is 20.2. The van der Waals surface area contributed by atoms with Crippen molar-refractivity contribution < 1.29 is 55.0 Å². The Balaban J connectivity index is 0.000000254. The molecule has 0 bridgehead atoms. The van der Waals surface area contributed by atoms with Crippen LogP contribution in [0.4, 0.5) is 47.6 Å². The molecule has 2 saturated heterocycles. The second-order valence-electron chi connectivity index (χ2n) is 15.4. The third kappa shape index (κ3) is 13.3. The van der Waals surface area contributed by atoms with Gasteiger partial charge in [-0.3, -0.25) is 0 Å². The summed E-state index contributed by atoms with van der Waals surface area (Å²) in [5.74, 6) is -2.74. The van der Waals surface area contributed by atoms with Gasteiger partial charge >= 0.3 is 36.4 Å². The number of carbonyl (C=O) groups excluding carboxylic acids is 4. The molecule has 0 aliphatic carbocycles. The van der Waals surface area contributed by atoms with Crippen molar-refractivity contribution in [3.05, 3.63) is 117 Å². The summed E-state index contributed by atoms with van der Waals surface area (Å²) in [5, 5.41) is 24.6. The lowest BCUT2D eigenvalue weighted by atomic mass is 10.1. The second-order valence-corrected chi connectivity index (χ2v) is 15.4. The van der Waals surface area contributed by atoms with Gasteiger partial charge in [-0.2, -0.15) is 36.9 Å². The van der Waals surface area contributed by atoms with Gasteiger partial charge < -0.3 is 39.7 Å². The average molecular weight is 951 g/mol. The van der Waals surface area contributed by atoms with E-state index in [4.69, 9.17) is 9.47 Å². The van der Waals surface area contributed by atoms with Gasteiger partial charge in [0.05, 0.1) is 35.5 Å². The van der Waals surface area contributed by atoms with E-state index in [1.807, 2.05) is 74.5 Å². The molecule has 4 amide bonds. The first kappa shape index (κ1) is 51.4. The van der Waals surface area contributed by atoms with Gasteiger partial charge in [-0.1, -0.05) is 59.7 Å². The molecule has 360 valence electrons. The van der Waals surface area contributed by atoms with Crippen LogP contribution in [-0.4, -0.2) is 109 Å². The molecule has 4 heterocycles. The molecule has 2 N–H and O–H groups in total. The van der Waals surface area contributed by atoms with Gasteiger partial charge in [0.2, 0.25) is 0 Å². The molecule has 2 aromatic heterocycles. The quantitative estimate of drug-likeness (QED) is 0.122. The first-order valence-electron chi connectivity index (χ1n) is 21.3. The molecule has 0 radical (unpaired) electrons. The van der Waals surface area contributed by atoms with E-state index in [1.54, 1.807) is 9.80 Å². The minimum absolute atomic E-state index is 0.117. The summed E-state index contributed by atoms with van der Waals surface area (Å²) in [7, 11) is 0. The number of nitriles is 2. The topological polar surface area (TPSA) is 197 Å². The Hall–Kier alpha value is -7.62. The number of aromatic nitrogens is 2. The van der Waals surface area contributed by atoms with E-state index in [0.717, 1.165) is 34.4 Å². The molecule has 22 heteroatoms. The van der Waals surface area contributed by atoms with Crippen molar-refractivity contribution in [2.75, 3.05) is 75.4 Å². The maximum absolute atomic E-state index is 13.6. The average Bonchev–Trinajstić information content (AvgIpc) is 3.32. The number of hydrogen-bond acceptors (Lipinski definition) is 12. The molecule has 16 nitrogen and oxygen atoms in total. The number of benzene rings is 2. The van der Waals surface area contributed by atoms with E-state index in [1.165, 1.54) is 23.6 Å². The highest BCUT2D eigenvalue weighted by Crippen LogP contribution is 2.36. The molecule has 68 heavy (non-hydrogen) atoms. The molecular weight excluding hydrogens is 903 g/mol. The van der Waals surface area contributed by atoms with Crippen LogP contribution >= 0.6 is 0 Å². The number of alkyl halides is 6. The zero-order valence-corrected chi connectivity index (χ0v) is 37.6. The lowest BCUT2D eigenvalue weighted by Crippen LogP contribution is -2.52. The fourth-order valence-electron chi connectivity index (χ4n) is 7.16. The zero-order valence-electron chi connectivity index (χ0n) is 37.6. The van der Waals surface area contributed by atoms with Crippen LogP contribution in [0.3, 0.4) is 0 Å². The number of amides is 4. The van der Waals surface area contributed by atoms with Gasteiger partial charge in [0, 0.05) is 65.4 Å². The van der Waals surface area contributed by atoms with Crippen LogP contribution in [0.15, 0.2) is 60.7 Å². The number of hydrogen-bond donors (Lipinski definition) is 2. The van der Waals surface area contributed by atoms with Gasteiger partial charge in [-0.15, -0.1) is 0 Å². The Bertz CT molecular complexity index is 2540. The predicted molar refractivity (Wildman–Crippen MR) is 234 cm³/mol. The summed E-state index contributed by atoms with van der Waals surface area (Å²) in [5.41, 5.74) is -0.669. The van der Waals surface area contributed by atoms with Crippen LogP contribution in [0.2, 0.25) is 0 Å². The summed E-state index contributed by atoms with van der Waals surface area (Å²) in [4.78, 5) is 62.5. The van der Waals surface area contributed by atoms with E-state index in [-0.39, 0.29) is 100 Å². The fraction of sp³-hybridized carbons (Fsp3) is 0.391. The standard InChI is InChI=1S/2C23H24F3N5O3/c1-3-34-21(32)18-12-17(13-27)20(29-19(18)23(24,25)26)30-8-10-31(11-9-30)22(33)28-14-16-6-4-15(2)5-7-16;1-3-34-21(32)18-12-17(13-27)20(29-19(18)23(24,25)26)30-7-9-31(10-8-30)22(33)28-14-16-6-4-5-15(2)11-16/h4-7,12H,3,8-11,14H2,1-2H3,(H,28,33);4-6,11-12H,3,7-10,14H2,1-2H3,(H,28,33). The minimum atomic E-state index is -4.91. The molecule has 2 fully saturated rings. The summed E-state index contributed by atoms with van der Waals surface area (Å²) in [6.07, 6.45) is -9.83. The highest BCUT2D eigenvalue weighted by Gasteiger charge is 2.41. The van der Waals surface area contributed by atoms with Crippen molar-refractivity contribution in [3.63, 3.8) is 0 Å². The Kier molecular flexibility index (Phi) is 17.2. The van der Waals surface area contributed by atoms with Gasteiger partial charge in [-0.05, 0) is 51.0 Å². The number of aryl methyl sites for hydroxylation is 2. The highest BCUT2D eigenvalue weighted by molar-refractivity contribution is 5.92. The number of ether oxygens (including phenoxy) is 2. The van der Waals surface area contributed by atoms with Gasteiger partial charge in [0.1, 0.15) is 23.8 Å². The number of nitrogens with zero attached hydrogens (tertiary/aromatic N) is 8. The van der Waals surface area contributed by atoms with Crippen molar-refractivity contribution in [2.45, 2.75) is 53.1 Å². The van der Waals surface area contributed by atoms with Crippen molar-refractivity contribution in [2.24, 2.45) is 0 Å². The SMILES string of the molecule is CCOC(=O)c1cc(C#N)c(N2CCN(C(=O)NCc3ccc(C)cc3)CC2)nc1C(F)(F)F.CCOC(=O)c1cc(C#N)c(N2CCN(C(=O)NCc3cccc(C)c3)CC2)nc1C(F)(F)F. The largest absolute Gasteiger partial charge is 0.462 e. The number of anilines is 2. The number of esters is 2. The lowest BCUT2D eigenvalue weighted by molar-refractivity contribution is -0.142. The smallest absolute Gasteiger partial charge is 0.434 e. The van der Waals surface area contributed by atoms with Crippen molar-refractivity contribution in [3.8, 4) is 12.1 Å². The van der Waals surface area contributed by atoms with E-state index in [0.29, 0.717) is 13.1 Å². The Morgan fingerprint density at radius 3 is 1.38 bits per heavy atom. The normalized spacial score (nSPS) is 13.9. The molecule has 0 atom stereocenters. The zero-order chi connectivity index (χ0) is 49.8. The molecule has 6 rings (SSSR count). The van der Waals surface area contributed by atoms with Crippen LogP contribution in [-0.2, 0) is 34.9 Å². The van der Waals surface area contributed by atoms with Crippen molar-refractivity contribution in [1.82, 2.24) is 30.4 Å². The first-order chi connectivity index (χ1) is 32.3. The van der Waals surface area contributed by atoms with Crippen LogP contribution in [0.1, 0.15) is 79.3 Å². The number of pyridine rings is 2. The fourth-order valence-corrected chi connectivity index (χ4v) is 7.16. The van der Waals surface area contributed by atoms with Gasteiger partial charge in [-0.25, -0.2) is 29.1 Å². The molecule has 2 aliphatic heterocycles. The Labute approximate surface area is 388 Å². The Morgan fingerprint density at radius 1 is 0.603 bits per heavy atom. The second kappa shape index (κ2) is 22.7. The number of rotatable bonds is 10. The van der Waals surface area contributed by atoms with Gasteiger partial charge in [0.15, 0.2) is 11.4 Å². The lowest BCUT2D eigenvalue weighted by Gasteiger charge is -2.36. The molecular formula is C46H48F6N10O6. The van der Waals surface area contributed by atoms with E-state index in [2.05, 4.69) is 20.6 Å². The predicted octanol–water partition coefficient (Wildman–Crippen LogP) is 6.98. The summed E-state index contributed by atoms with van der Waals surface area (Å²) in [6.45, 7) is 8.95. The van der Waals surface area contributed by atoms with Crippen LogP contribution in [0.5, 0.6) is 0 Å². The van der Waals surface area contributed by atoms with Crippen LogP contribution in [0.25, 0.3) is 0 Å². The van der Waals surface area contributed by atoms with E-state index in [9.17, 15) is 56.0 Å². The molecule has 0 saturated carbocycles. The molecule has 2 aliphatic rings. The van der Waals surface area contributed by atoms with Crippen molar-refractivity contribution in [1.29, 1.82) is 10.5 Å². The number of urea groups is 2. The van der Waals surface area contributed by atoms with Crippen molar-refractivity contribution >= 4 is 35.6 Å². The minimum Gasteiger partial charge on any atom is -0.462 e.